The predicted molar refractivity (Wildman–Crippen MR) is 308 cm³/mol. The Balaban J connectivity index is 0.993. The molecular weight excluding hydrogens is 927 g/mol. The second-order valence-electron chi connectivity index (χ2n) is 20.2. The summed E-state index contributed by atoms with van der Waals surface area (Å²) in [7, 11) is 0. The molecule has 12 aromatic rings. The lowest BCUT2D eigenvalue weighted by Gasteiger charge is -2.40. The maximum Gasteiger partial charge on any atom is 0.132 e. The van der Waals surface area contributed by atoms with Gasteiger partial charge in [0.05, 0.1) is 27.9 Å². The maximum atomic E-state index is 6.79. The highest BCUT2D eigenvalue weighted by molar-refractivity contribution is 7.99. The minimum atomic E-state index is -0.631. The maximum absolute atomic E-state index is 6.79. The number of ether oxygens (including phenoxy) is 1. The highest BCUT2D eigenvalue weighted by Gasteiger charge is 2.53. The van der Waals surface area contributed by atoms with Crippen LogP contribution in [0.1, 0.15) is 44.5 Å². The van der Waals surface area contributed by atoms with Crippen LogP contribution in [0.2, 0.25) is 0 Å². The standard InChI is InChI=1S/C72H45NOS/c1-2-20-46(21-3-1)47-40-42-48(43-41-47)50-23-6-13-33-63(50)73(65-35-19-32-61-70(65)52-25-5-8-27-56(52)71(61)57-28-9-14-36-66(57)74-67-37-15-10-29-58(67)71)64-34-18-22-49-44-62-54(45-53(49)64)51-24-4-7-26-55(51)72(62)59-30-11-16-38-68(59)75-69-39-17-12-31-60(69)72/h1-45H. The lowest BCUT2D eigenvalue weighted by atomic mass is 9.66. The number of anilines is 3. The van der Waals surface area contributed by atoms with Gasteiger partial charge in [-0.1, -0.05) is 230 Å². The number of nitrogens with zero attached hydrogens (tertiary/aromatic N) is 1. The van der Waals surface area contributed by atoms with Gasteiger partial charge in [0.1, 0.15) is 11.5 Å². The third-order valence-corrected chi connectivity index (χ3v) is 17.8. The summed E-state index contributed by atoms with van der Waals surface area (Å²) in [6.45, 7) is 0. The molecule has 0 unspecified atom stereocenters. The van der Waals surface area contributed by atoms with Crippen molar-refractivity contribution in [3.63, 3.8) is 0 Å². The summed E-state index contributed by atoms with van der Waals surface area (Å²) < 4.78 is 6.79. The Labute approximate surface area is 440 Å². The third-order valence-electron chi connectivity index (χ3n) is 16.6. The molecule has 16 rings (SSSR count). The molecule has 2 spiro atoms. The number of fused-ring (bicyclic) bond motifs is 19. The van der Waals surface area contributed by atoms with Crippen LogP contribution in [0.25, 0.3) is 55.3 Å². The van der Waals surface area contributed by atoms with Crippen molar-refractivity contribution >= 4 is 39.6 Å². The van der Waals surface area contributed by atoms with Crippen molar-refractivity contribution in [2.24, 2.45) is 0 Å². The fraction of sp³-hybridized carbons (Fsp3) is 0.0278. The monoisotopic (exact) mass is 971 g/mol. The molecule has 0 aromatic heterocycles. The SMILES string of the molecule is c1ccc(-c2ccc(-c3ccccc3N(c3cccc4c3-c3ccccc3C43c4ccccc4Oc4ccccc43)c3cccc4cc5c(cc34)-c3ccccc3C53c4ccccc4Sc4ccccc43)cc2)cc1. The zero-order valence-electron chi connectivity index (χ0n) is 40.7. The molecule has 75 heavy (non-hydrogen) atoms. The van der Waals surface area contributed by atoms with Gasteiger partial charge >= 0.3 is 0 Å². The lowest BCUT2D eigenvalue weighted by molar-refractivity contribution is 0.436. The normalized spacial score (nSPS) is 14.1. The first-order valence-electron chi connectivity index (χ1n) is 25.9. The van der Waals surface area contributed by atoms with Gasteiger partial charge in [-0.2, -0.15) is 0 Å². The van der Waals surface area contributed by atoms with Crippen LogP contribution in [0.4, 0.5) is 17.1 Å². The molecule has 0 bridgehead atoms. The summed E-state index contributed by atoms with van der Waals surface area (Å²) in [6.07, 6.45) is 0. The molecule has 0 radical (unpaired) electrons. The van der Waals surface area contributed by atoms with E-state index in [-0.39, 0.29) is 0 Å². The average Bonchev–Trinajstić information content (AvgIpc) is 4.03. The van der Waals surface area contributed by atoms with Crippen LogP contribution in [0, 0.1) is 0 Å². The van der Waals surface area contributed by atoms with Crippen LogP contribution >= 0.6 is 11.8 Å². The Kier molecular flexibility index (Phi) is 9.14. The first-order valence-corrected chi connectivity index (χ1v) is 26.7. The first kappa shape index (κ1) is 42.4. The van der Waals surface area contributed by atoms with E-state index < -0.39 is 10.8 Å². The molecular formula is C72H45NOS. The number of hydrogen-bond donors (Lipinski definition) is 0. The fourth-order valence-corrected chi connectivity index (χ4v) is 14.8. The quantitative estimate of drug-likeness (QED) is 0.171. The molecule has 0 saturated heterocycles. The van der Waals surface area contributed by atoms with Gasteiger partial charge in [-0.3, -0.25) is 0 Å². The lowest BCUT2D eigenvalue weighted by Crippen LogP contribution is -2.32. The van der Waals surface area contributed by atoms with E-state index in [1.54, 1.807) is 0 Å². The van der Waals surface area contributed by atoms with E-state index in [0.717, 1.165) is 50.8 Å². The van der Waals surface area contributed by atoms with Gasteiger partial charge in [0.2, 0.25) is 0 Å². The Morgan fingerprint density at radius 2 is 0.773 bits per heavy atom. The third kappa shape index (κ3) is 5.82. The fourth-order valence-electron chi connectivity index (χ4n) is 13.6. The molecule has 0 amide bonds. The van der Waals surface area contributed by atoms with Crippen LogP contribution in [0.5, 0.6) is 11.5 Å². The van der Waals surface area contributed by atoms with Crippen molar-refractivity contribution in [2.75, 3.05) is 4.90 Å². The van der Waals surface area contributed by atoms with Crippen molar-refractivity contribution in [1.29, 1.82) is 0 Å². The van der Waals surface area contributed by atoms with Crippen molar-refractivity contribution in [3.8, 4) is 56.0 Å². The highest BCUT2D eigenvalue weighted by atomic mass is 32.2. The molecule has 0 fully saturated rings. The topological polar surface area (TPSA) is 12.5 Å². The molecule has 2 aliphatic heterocycles. The minimum Gasteiger partial charge on any atom is -0.457 e. The summed E-state index contributed by atoms with van der Waals surface area (Å²) in [5.74, 6) is 1.77. The summed E-state index contributed by atoms with van der Waals surface area (Å²) in [4.78, 5) is 5.19. The molecule has 2 heterocycles. The van der Waals surface area contributed by atoms with E-state index in [1.807, 2.05) is 11.8 Å². The van der Waals surface area contributed by atoms with Gasteiger partial charge in [-0.25, -0.2) is 0 Å². The van der Waals surface area contributed by atoms with Crippen LogP contribution in [0.3, 0.4) is 0 Å². The molecule has 12 aromatic carbocycles. The van der Waals surface area contributed by atoms with Crippen molar-refractivity contribution in [2.45, 2.75) is 20.6 Å². The van der Waals surface area contributed by atoms with Gasteiger partial charge < -0.3 is 9.64 Å². The molecule has 0 atom stereocenters. The van der Waals surface area contributed by atoms with Crippen molar-refractivity contribution < 1.29 is 4.74 Å². The Hall–Kier alpha value is -9.15. The second kappa shape index (κ2) is 16.2. The summed E-state index contributed by atoms with van der Waals surface area (Å²) in [5, 5.41) is 2.38. The predicted octanol–water partition coefficient (Wildman–Crippen LogP) is 18.9. The Morgan fingerprint density at radius 1 is 0.293 bits per heavy atom. The van der Waals surface area contributed by atoms with E-state index in [4.69, 9.17) is 4.74 Å². The number of para-hydroxylation sites is 3. The van der Waals surface area contributed by atoms with E-state index in [9.17, 15) is 0 Å². The highest BCUT2D eigenvalue weighted by Crippen LogP contribution is 2.66. The Bertz CT molecular complexity index is 4230. The van der Waals surface area contributed by atoms with Crippen LogP contribution in [0.15, 0.2) is 283 Å². The molecule has 3 heteroatoms. The molecule has 2 nitrogen and oxygen atoms in total. The largest absolute Gasteiger partial charge is 0.457 e. The first-order chi connectivity index (χ1) is 37.2. The van der Waals surface area contributed by atoms with Crippen molar-refractivity contribution in [3.05, 3.63) is 317 Å². The van der Waals surface area contributed by atoms with Crippen molar-refractivity contribution in [1.82, 2.24) is 0 Å². The molecule has 4 aliphatic rings. The van der Waals surface area contributed by atoms with Gasteiger partial charge in [0, 0.05) is 37.4 Å². The second-order valence-corrected chi connectivity index (χ2v) is 21.3. The van der Waals surface area contributed by atoms with Crippen LogP contribution in [-0.2, 0) is 10.8 Å². The summed E-state index contributed by atoms with van der Waals surface area (Å²) in [6, 6.07) is 101. The van der Waals surface area contributed by atoms with Gasteiger partial charge in [-0.05, 0) is 127 Å². The van der Waals surface area contributed by atoms with E-state index in [0.29, 0.717) is 0 Å². The molecule has 0 N–H and O–H groups in total. The van der Waals surface area contributed by atoms with E-state index in [1.165, 1.54) is 87.3 Å². The zero-order valence-corrected chi connectivity index (χ0v) is 41.6. The number of benzene rings is 12. The van der Waals surface area contributed by atoms with Crippen LogP contribution < -0.4 is 9.64 Å². The summed E-state index contributed by atoms with van der Waals surface area (Å²) in [5.41, 5.74) is 22.0. The molecule has 0 saturated carbocycles. The smallest absolute Gasteiger partial charge is 0.132 e. The molecule has 2 aliphatic carbocycles. The van der Waals surface area contributed by atoms with Gasteiger partial charge in [0.25, 0.3) is 0 Å². The number of rotatable bonds is 5. The zero-order chi connectivity index (χ0) is 49.2. The van der Waals surface area contributed by atoms with E-state index in [2.05, 4.69) is 278 Å². The van der Waals surface area contributed by atoms with Gasteiger partial charge in [0.15, 0.2) is 0 Å². The minimum absolute atomic E-state index is 0.485. The average molecular weight is 972 g/mol. The van der Waals surface area contributed by atoms with E-state index >= 15 is 0 Å². The van der Waals surface area contributed by atoms with Crippen LogP contribution in [-0.4, -0.2) is 0 Å². The van der Waals surface area contributed by atoms with Gasteiger partial charge in [-0.15, -0.1) is 0 Å². The molecule has 350 valence electrons. The number of hydrogen-bond acceptors (Lipinski definition) is 3. The summed E-state index contributed by atoms with van der Waals surface area (Å²) >= 11 is 1.89. The Morgan fingerprint density at radius 3 is 1.48 bits per heavy atom.